The van der Waals surface area contributed by atoms with Crippen molar-refractivity contribution < 1.29 is 19.1 Å². The molecular weight excluding hydrogens is 456 g/mol. The van der Waals surface area contributed by atoms with Crippen LogP contribution in [0.4, 0.5) is 0 Å². The first-order chi connectivity index (χ1) is 17.5. The molecule has 2 amide bonds. The summed E-state index contributed by atoms with van der Waals surface area (Å²) >= 11 is 0. The van der Waals surface area contributed by atoms with E-state index in [1.165, 1.54) is 5.56 Å². The number of amides is 2. The van der Waals surface area contributed by atoms with Crippen LogP contribution in [0, 0.1) is 12.8 Å². The van der Waals surface area contributed by atoms with E-state index in [-0.39, 0.29) is 23.8 Å². The molecular formula is C28H32N4O4. The van der Waals surface area contributed by atoms with Crippen LogP contribution >= 0.6 is 0 Å². The second-order valence-corrected chi connectivity index (χ2v) is 9.53. The second kappa shape index (κ2) is 10.5. The molecule has 2 aliphatic heterocycles. The number of nitrogens with zero attached hydrogens (tertiary/aromatic N) is 3. The maximum atomic E-state index is 13.2. The number of hydrogen-bond donors (Lipinski definition) is 1. The summed E-state index contributed by atoms with van der Waals surface area (Å²) in [5, 5.41) is 3.02. The van der Waals surface area contributed by atoms with Gasteiger partial charge in [-0.05, 0) is 43.0 Å². The van der Waals surface area contributed by atoms with Crippen LogP contribution in [0.5, 0.6) is 5.75 Å². The molecule has 1 N–H and O–H groups in total. The Kier molecular flexibility index (Phi) is 7.04. The van der Waals surface area contributed by atoms with Gasteiger partial charge in [-0.2, -0.15) is 0 Å². The smallest absolute Gasteiger partial charge is 0.274 e. The largest absolute Gasteiger partial charge is 0.497 e. The predicted molar refractivity (Wildman–Crippen MR) is 134 cm³/mol. The molecule has 1 atom stereocenters. The summed E-state index contributed by atoms with van der Waals surface area (Å²) in [5.74, 6) is 0.645. The van der Waals surface area contributed by atoms with Crippen molar-refractivity contribution in [3.05, 3.63) is 82.9 Å². The lowest BCUT2D eigenvalue weighted by molar-refractivity contribution is -0.126. The fraction of sp³-hybridized carbons (Fsp3) is 0.393. The van der Waals surface area contributed by atoms with E-state index in [1.54, 1.807) is 13.4 Å². The van der Waals surface area contributed by atoms with Crippen LogP contribution in [0.15, 0.2) is 54.9 Å². The second-order valence-electron chi connectivity index (χ2n) is 9.53. The zero-order chi connectivity index (χ0) is 25.1. The molecule has 8 nitrogen and oxygen atoms in total. The fourth-order valence-electron chi connectivity index (χ4n) is 4.86. The number of fused-ring (bicyclic) bond motifs is 1. The fourth-order valence-corrected chi connectivity index (χ4v) is 4.86. The van der Waals surface area contributed by atoms with E-state index in [0.29, 0.717) is 51.3 Å². The van der Waals surface area contributed by atoms with Crippen molar-refractivity contribution in [2.45, 2.75) is 45.6 Å². The third-order valence-electron chi connectivity index (χ3n) is 7.16. The van der Waals surface area contributed by atoms with E-state index in [2.05, 4.69) is 41.5 Å². The van der Waals surface area contributed by atoms with Gasteiger partial charge in [0.15, 0.2) is 5.69 Å². The van der Waals surface area contributed by atoms with Crippen LogP contribution in [0.3, 0.4) is 0 Å². The monoisotopic (exact) mass is 488 g/mol. The number of aryl methyl sites for hydroxylation is 1. The lowest BCUT2D eigenvalue weighted by Gasteiger charge is -2.31. The number of piperidine rings is 1. The highest BCUT2D eigenvalue weighted by molar-refractivity contribution is 5.93. The highest BCUT2D eigenvalue weighted by atomic mass is 16.5. The van der Waals surface area contributed by atoms with Crippen LogP contribution in [-0.2, 0) is 29.2 Å². The number of likely N-dealkylation sites (tertiary alicyclic amines) is 1. The molecule has 1 fully saturated rings. The Bertz CT molecular complexity index is 1210. The van der Waals surface area contributed by atoms with Gasteiger partial charge in [0.2, 0.25) is 5.91 Å². The maximum absolute atomic E-state index is 13.2. The van der Waals surface area contributed by atoms with Gasteiger partial charge >= 0.3 is 0 Å². The van der Waals surface area contributed by atoms with Gasteiger partial charge in [-0.15, -0.1) is 0 Å². The molecule has 8 heteroatoms. The van der Waals surface area contributed by atoms with Crippen LogP contribution in [0.25, 0.3) is 0 Å². The first-order valence-corrected chi connectivity index (χ1v) is 12.4. The third-order valence-corrected chi connectivity index (χ3v) is 7.16. The van der Waals surface area contributed by atoms with E-state index in [9.17, 15) is 9.59 Å². The van der Waals surface area contributed by atoms with E-state index in [1.807, 2.05) is 33.7 Å². The van der Waals surface area contributed by atoms with Gasteiger partial charge in [-0.1, -0.05) is 42.0 Å². The first-order valence-electron chi connectivity index (χ1n) is 12.4. The van der Waals surface area contributed by atoms with Crippen LogP contribution in [0.2, 0.25) is 0 Å². The number of carbonyl (C=O) groups excluding carboxylic acids is 2. The quantitative estimate of drug-likeness (QED) is 0.573. The highest BCUT2D eigenvalue weighted by Crippen LogP contribution is 2.29. The van der Waals surface area contributed by atoms with Crippen molar-refractivity contribution in [1.82, 2.24) is 19.8 Å². The number of benzene rings is 2. The molecule has 1 unspecified atom stereocenters. The molecule has 0 aliphatic carbocycles. The highest BCUT2D eigenvalue weighted by Gasteiger charge is 2.32. The molecule has 3 aromatic rings. The lowest BCUT2D eigenvalue weighted by atomic mass is 9.95. The van der Waals surface area contributed by atoms with Crippen LogP contribution in [0.1, 0.15) is 51.8 Å². The van der Waals surface area contributed by atoms with Gasteiger partial charge < -0.3 is 24.3 Å². The molecule has 0 spiro atoms. The van der Waals surface area contributed by atoms with E-state index in [4.69, 9.17) is 9.47 Å². The van der Waals surface area contributed by atoms with Crippen molar-refractivity contribution in [3.63, 3.8) is 0 Å². The molecule has 0 radical (unpaired) electrons. The SMILES string of the molecule is COc1ccc(CNC(=O)C2CCN(C(=O)c3ncn4c3COC(c3ccc(C)cc3)C4)CC2)cc1. The molecule has 3 heterocycles. The molecule has 5 rings (SSSR count). The average Bonchev–Trinajstić information content (AvgIpc) is 3.35. The first kappa shape index (κ1) is 24.1. The molecule has 1 saturated heterocycles. The number of nitrogens with one attached hydrogen (secondary N) is 1. The Labute approximate surface area is 211 Å². The summed E-state index contributed by atoms with van der Waals surface area (Å²) < 4.78 is 13.3. The average molecular weight is 489 g/mol. The predicted octanol–water partition coefficient (Wildman–Crippen LogP) is 3.64. The van der Waals surface area contributed by atoms with Crippen molar-refractivity contribution in [2.24, 2.45) is 5.92 Å². The Morgan fingerprint density at radius 2 is 1.81 bits per heavy atom. The Hall–Kier alpha value is -3.65. The summed E-state index contributed by atoms with van der Waals surface area (Å²) in [6.45, 7) is 4.61. The molecule has 0 bridgehead atoms. The normalized spacial score (nSPS) is 17.9. The number of ether oxygens (including phenoxy) is 2. The van der Waals surface area contributed by atoms with Gasteiger partial charge in [0.25, 0.3) is 5.91 Å². The Morgan fingerprint density at radius 3 is 2.50 bits per heavy atom. The minimum absolute atomic E-state index is 0.0350. The summed E-state index contributed by atoms with van der Waals surface area (Å²) in [4.78, 5) is 32.2. The van der Waals surface area contributed by atoms with Gasteiger partial charge in [0.05, 0.1) is 32.3 Å². The zero-order valence-corrected chi connectivity index (χ0v) is 20.8. The van der Waals surface area contributed by atoms with E-state index in [0.717, 1.165) is 22.6 Å². The number of rotatable bonds is 6. The molecule has 0 saturated carbocycles. The molecule has 2 aromatic carbocycles. The van der Waals surface area contributed by atoms with E-state index < -0.39 is 0 Å². The topological polar surface area (TPSA) is 85.7 Å². The number of hydrogen-bond acceptors (Lipinski definition) is 5. The standard InChI is InChI=1S/C28H32N4O4/c1-19-3-7-21(8-4-19)25-16-32-18-30-26(24(32)17-36-25)28(34)31-13-11-22(12-14-31)27(33)29-15-20-5-9-23(35-2)10-6-20/h3-10,18,22,25H,11-17H2,1-2H3,(H,29,33). The summed E-state index contributed by atoms with van der Waals surface area (Å²) in [6, 6.07) is 16.0. The van der Waals surface area contributed by atoms with Crippen molar-refractivity contribution in [3.8, 4) is 5.75 Å². The van der Waals surface area contributed by atoms with Crippen LogP contribution < -0.4 is 10.1 Å². The lowest BCUT2D eigenvalue weighted by Crippen LogP contribution is -2.43. The van der Waals surface area contributed by atoms with E-state index >= 15 is 0 Å². The molecule has 188 valence electrons. The minimum Gasteiger partial charge on any atom is -0.497 e. The molecule has 1 aromatic heterocycles. The number of imidazole rings is 1. The van der Waals surface area contributed by atoms with Crippen LogP contribution in [-0.4, -0.2) is 46.5 Å². The van der Waals surface area contributed by atoms with Crippen molar-refractivity contribution in [1.29, 1.82) is 0 Å². The number of aromatic nitrogens is 2. The van der Waals surface area contributed by atoms with Gasteiger partial charge in [0, 0.05) is 25.6 Å². The van der Waals surface area contributed by atoms with Gasteiger partial charge in [-0.25, -0.2) is 4.98 Å². The van der Waals surface area contributed by atoms with Gasteiger partial charge in [-0.3, -0.25) is 9.59 Å². The maximum Gasteiger partial charge on any atom is 0.274 e. The van der Waals surface area contributed by atoms with Crippen molar-refractivity contribution >= 4 is 11.8 Å². The Morgan fingerprint density at radius 1 is 1.08 bits per heavy atom. The summed E-state index contributed by atoms with van der Waals surface area (Å²) in [5.41, 5.74) is 4.64. The number of carbonyl (C=O) groups is 2. The summed E-state index contributed by atoms with van der Waals surface area (Å²) in [7, 11) is 1.63. The molecule has 2 aliphatic rings. The zero-order valence-electron chi connectivity index (χ0n) is 20.8. The Balaban J connectivity index is 1.14. The summed E-state index contributed by atoms with van der Waals surface area (Å²) in [6.07, 6.45) is 2.97. The van der Waals surface area contributed by atoms with Gasteiger partial charge in [0.1, 0.15) is 11.9 Å². The number of methoxy groups -OCH3 is 1. The van der Waals surface area contributed by atoms with Crippen molar-refractivity contribution in [2.75, 3.05) is 20.2 Å². The minimum atomic E-state index is -0.0955. The molecule has 36 heavy (non-hydrogen) atoms. The third kappa shape index (κ3) is 5.14.